The second kappa shape index (κ2) is 11.2. The summed E-state index contributed by atoms with van der Waals surface area (Å²) >= 11 is 1.33. The summed E-state index contributed by atoms with van der Waals surface area (Å²) in [5.74, 6) is 0. The zero-order chi connectivity index (χ0) is 35.2. The molecule has 0 aliphatic carbocycles. The van der Waals surface area contributed by atoms with Crippen LogP contribution in [0.15, 0.2) is 173 Å². The Balaban J connectivity index is 1.21. The first-order valence-electron chi connectivity index (χ1n) is 17.4. The minimum atomic E-state index is -0.609. The van der Waals surface area contributed by atoms with Gasteiger partial charge in [0.15, 0.2) is 0 Å². The van der Waals surface area contributed by atoms with E-state index in [2.05, 4.69) is 117 Å². The highest BCUT2D eigenvalue weighted by Gasteiger charge is 2.22. The van der Waals surface area contributed by atoms with Crippen LogP contribution in [0.2, 0.25) is 0 Å². The molecule has 4 aromatic heterocycles. The Hall–Kier alpha value is -7.03. The Morgan fingerprint density at radius 2 is 0.981 bits per heavy atom. The normalized spacial score (nSPS) is 11.9. The quantitative estimate of drug-likeness (QED) is 0.184. The van der Waals surface area contributed by atoms with Crippen molar-refractivity contribution in [2.75, 3.05) is 0 Å². The highest BCUT2D eigenvalue weighted by Crippen LogP contribution is 2.42. The monoisotopic (exact) mass is 701 g/mol. The first-order chi connectivity index (χ1) is 26.1. The lowest BCUT2D eigenvalue weighted by atomic mass is 10.1. The summed E-state index contributed by atoms with van der Waals surface area (Å²) in [6.45, 7) is 0. The van der Waals surface area contributed by atoms with Crippen LogP contribution >= 0.6 is 11.3 Å². The number of fused-ring (bicyclic) bond motifs is 10. The number of thiazole rings is 1. The Kier molecular flexibility index (Phi) is 6.29. The molecule has 11 rings (SSSR count). The average molecular weight is 702 g/mol. The summed E-state index contributed by atoms with van der Waals surface area (Å²) in [4.78, 5) is 32.4. The summed E-state index contributed by atoms with van der Waals surface area (Å²) in [5, 5.41) is 4.50. The molecule has 11 aromatic rings. The van der Waals surface area contributed by atoms with Gasteiger partial charge >= 0.3 is 11.4 Å². The molecule has 0 saturated heterocycles. The summed E-state index contributed by atoms with van der Waals surface area (Å²) in [7, 11) is 0. The van der Waals surface area contributed by atoms with Crippen molar-refractivity contribution in [1.82, 2.24) is 23.1 Å². The standard InChI is InChI=1S/C45H27N5O2S/c51-43-46-44-50(39-19-8-9-20-40(39)53-44)45(52)49(43)32-14-10-13-31(27-32)48-38-18-7-5-16-34(38)36-26-25-35-33-15-4-6-17-37(33)47(41(35)42(36)48)30-23-21-29(22-24-30)28-11-2-1-3-12-28/h1-27H. The maximum atomic E-state index is 14.1. The SMILES string of the molecule is O=c1nc2sc3ccccc3n2c(=O)n1-c1cccc(-n2c3ccccc3c3ccc4c5ccccc5n(-c5ccc(-c6ccccc6)cc5)c4c32)c1. The van der Waals surface area contributed by atoms with E-state index in [0.717, 1.165) is 70.8 Å². The minimum Gasteiger partial charge on any atom is -0.307 e. The molecule has 0 radical (unpaired) electrons. The summed E-state index contributed by atoms with van der Waals surface area (Å²) in [6, 6.07) is 55.8. The highest BCUT2D eigenvalue weighted by molar-refractivity contribution is 7.23. The maximum Gasteiger partial charge on any atom is 0.359 e. The Bertz CT molecular complexity index is 3390. The van der Waals surface area contributed by atoms with Crippen LogP contribution in [0.1, 0.15) is 0 Å². The Morgan fingerprint density at radius 3 is 1.66 bits per heavy atom. The molecule has 0 N–H and O–H groups in total. The molecule has 4 heterocycles. The number of rotatable bonds is 4. The van der Waals surface area contributed by atoms with Crippen LogP contribution in [0.5, 0.6) is 0 Å². The molecule has 0 fully saturated rings. The van der Waals surface area contributed by atoms with E-state index < -0.39 is 11.4 Å². The fraction of sp³-hybridized carbons (Fsp3) is 0. The molecule has 8 heteroatoms. The highest BCUT2D eigenvalue weighted by atomic mass is 32.1. The van der Waals surface area contributed by atoms with E-state index in [0.29, 0.717) is 10.6 Å². The average Bonchev–Trinajstić information content (AvgIpc) is 3.86. The molecule has 0 bridgehead atoms. The van der Waals surface area contributed by atoms with E-state index in [-0.39, 0.29) is 0 Å². The van der Waals surface area contributed by atoms with Crippen LogP contribution < -0.4 is 11.4 Å². The van der Waals surface area contributed by atoms with Crippen LogP contribution in [-0.4, -0.2) is 23.1 Å². The number of benzene rings is 7. The third-order valence-corrected chi connectivity index (χ3v) is 11.3. The summed E-state index contributed by atoms with van der Waals surface area (Å²) in [6.07, 6.45) is 0. The van der Waals surface area contributed by atoms with Crippen molar-refractivity contribution in [2.24, 2.45) is 0 Å². The minimum absolute atomic E-state index is 0.378. The van der Waals surface area contributed by atoms with Gasteiger partial charge in [0, 0.05) is 32.9 Å². The van der Waals surface area contributed by atoms with Crippen molar-refractivity contribution in [3.05, 3.63) is 185 Å². The molecule has 0 aliphatic heterocycles. The topological polar surface area (TPSA) is 66.2 Å². The predicted molar refractivity (Wildman–Crippen MR) is 217 cm³/mol. The van der Waals surface area contributed by atoms with Gasteiger partial charge in [0.2, 0.25) is 4.96 Å². The van der Waals surface area contributed by atoms with Gasteiger partial charge in [-0.05, 0) is 65.7 Å². The summed E-state index contributed by atoms with van der Waals surface area (Å²) in [5.41, 5.74) is 8.55. The molecule has 53 heavy (non-hydrogen) atoms. The number of aromatic nitrogens is 5. The molecule has 0 atom stereocenters. The lowest BCUT2D eigenvalue weighted by Gasteiger charge is -2.14. The lowest BCUT2D eigenvalue weighted by Crippen LogP contribution is -2.37. The third kappa shape index (κ3) is 4.30. The van der Waals surface area contributed by atoms with E-state index >= 15 is 0 Å². The lowest BCUT2D eigenvalue weighted by molar-refractivity contribution is 0.813. The largest absolute Gasteiger partial charge is 0.359 e. The van der Waals surface area contributed by atoms with Gasteiger partial charge in [-0.25, -0.2) is 18.6 Å². The van der Waals surface area contributed by atoms with Gasteiger partial charge in [0.25, 0.3) is 0 Å². The smallest absolute Gasteiger partial charge is 0.307 e. The van der Waals surface area contributed by atoms with Gasteiger partial charge in [-0.15, -0.1) is 0 Å². The zero-order valence-electron chi connectivity index (χ0n) is 28.0. The van der Waals surface area contributed by atoms with E-state index in [1.807, 2.05) is 54.6 Å². The van der Waals surface area contributed by atoms with E-state index in [4.69, 9.17) is 0 Å². The van der Waals surface area contributed by atoms with E-state index in [1.54, 1.807) is 6.07 Å². The van der Waals surface area contributed by atoms with Gasteiger partial charge in [-0.3, -0.25) is 0 Å². The number of nitrogens with zero attached hydrogens (tertiary/aromatic N) is 5. The van der Waals surface area contributed by atoms with Gasteiger partial charge < -0.3 is 9.13 Å². The molecule has 0 unspecified atom stereocenters. The Morgan fingerprint density at radius 1 is 0.434 bits per heavy atom. The molecule has 0 spiro atoms. The molecule has 0 saturated carbocycles. The van der Waals surface area contributed by atoms with Crippen molar-refractivity contribution in [3.8, 4) is 28.2 Å². The van der Waals surface area contributed by atoms with Crippen molar-refractivity contribution in [2.45, 2.75) is 0 Å². The van der Waals surface area contributed by atoms with Gasteiger partial charge in [0.1, 0.15) is 0 Å². The van der Waals surface area contributed by atoms with Crippen LogP contribution in [0.25, 0.3) is 87.0 Å². The first-order valence-corrected chi connectivity index (χ1v) is 18.2. The molecule has 7 aromatic carbocycles. The van der Waals surface area contributed by atoms with Gasteiger partial charge in [-0.1, -0.05) is 121 Å². The van der Waals surface area contributed by atoms with Crippen molar-refractivity contribution in [1.29, 1.82) is 0 Å². The summed E-state index contributed by atoms with van der Waals surface area (Å²) < 4.78 is 8.21. The van der Waals surface area contributed by atoms with Crippen LogP contribution in [-0.2, 0) is 0 Å². The first kappa shape index (κ1) is 29.7. The van der Waals surface area contributed by atoms with Crippen LogP contribution in [0.3, 0.4) is 0 Å². The maximum absolute atomic E-state index is 14.1. The zero-order valence-corrected chi connectivity index (χ0v) is 28.9. The molecule has 250 valence electrons. The van der Waals surface area contributed by atoms with Crippen molar-refractivity contribution < 1.29 is 0 Å². The molecule has 0 aliphatic rings. The predicted octanol–water partition coefficient (Wildman–Crippen LogP) is 9.92. The van der Waals surface area contributed by atoms with E-state index in [1.165, 1.54) is 25.9 Å². The fourth-order valence-electron chi connectivity index (χ4n) is 8.01. The van der Waals surface area contributed by atoms with Crippen molar-refractivity contribution in [3.63, 3.8) is 0 Å². The van der Waals surface area contributed by atoms with Gasteiger partial charge in [-0.2, -0.15) is 4.98 Å². The van der Waals surface area contributed by atoms with Crippen LogP contribution in [0, 0.1) is 0 Å². The number of hydrogen-bond donors (Lipinski definition) is 0. The molecular formula is C45H27N5O2S. The van der Waals surface area contributed by atoms with Crippen molar-refractivity contribution >= 4 is 70.1 Å². The molecule has 7 nitrogen and oxygen atoms in total. The van der Waals surface area contributed by atoms with E-state index in [9.17, 15) is 9.59 Å². The van der Waals surface area contributed by atoms with Crippen LogP contribution in [0.4, 0.5) is 0 Å². The molecular weight excluding hydrogens is 675 g/mol. The second-order valence-electron chi connectivity index (χ2n) is 13.2. The Labute approximate surface area is 305 Å². The fourth-order valence-corrected chi connectivity index (χ4v) is 9.01. The third-order valence-electron chi connectivity index (χ3n) is 10.3. The number of hydrogen-bond acceptors (Lipinski definition) is 4. The molecule has 0 amide bonds. The van der Waals surface area contributed by atoms with Gasteiger partial charge in [0.05, 0.1) is 38.0 Å². The number of para-hydroxylation sites is 3. The second-order valence-corrected chi connectivity index (χ2v) is 14.2.